The van der Waals surface area contributed by atoms with Crippen LogP contribution in [-0.4, -0.2) is 56.5 Å². The molecule has 1 saturated carbocycles. The lowest BCUT2D eigenvalue weighted by atomic mass is 9.64. The number of halogens is 1. The zero-order valence-corrected chi connectivity index (χ0v) is 18.4. The van der Waals surface area contributed by atoms with Crippen molar-refractivity contribution in [1.82, 2.24) is 14.6 Å². The first-order valence-corrected chi connectivity index (χ1v) is 11.9. The second kappa shape index (κ2) is 8.22. The number of benzene rings is 1. The molecule has 1 aliphatic heterocycles. The van der Waals surface area contributed by atoms with E-state index in [1.54, 1.807) is 0 Å². The van der Waals surface area contributed by atoms with E-state index in [1.165, 1.54) is 22.1 Å². The molecule has 1 aromatic heterocycles. The summed E-state index contributed by atoms with van der Waals surface area (Å²) in [5, 5.41) is 2.99. The Morgan fingerprint density at radius 1 is 1.24 bits per heavy atom. The predicted octanol–water partition coefficient (Wildman–Crippen LogP) is 2.65. The van der Waals surface area contributed by atoms with Crippen molar-refractivity contribution in [2.45, 2.75) is 29.6 Å². The predicted molar refractivity (Wildman–Crippen MR) is 112 cm³/mol. The lowest BCUT2D eigenvalue weighted by Gasteiger charge is -2.42. The number of hydrogen-bond donors (Lipinski definition) is 2. The minimum Gasteiger partial charge on any atom is -0.379 e. The summed E-state index contributed by atoms with van der Waals surface area (Å²) < 4.78 is 33.1. The van der Waals surface area contributed by atoms with E-state index in [2.05, 4.69) is 38.4 Å². The van der Waals surface area contributed by atoms with Gasteiger partial charge >= 0.3 is 0 Å². The van der Waals surface area contributed by atoms with E-state index < -0.39 is 10.0 Å². The van der Waals surface area contributed by atoms with Gasteiger partial charge in [0.1, 0.15) is 10.6 Å². The third-order valence-electron chi connectivity index (χ3n) is 5.84. The van der Waals surface area contributed by atoms with Gasteiger partial charge in [-0.05, 0) is 36.6 Å². The number of carbonyl (C=O) groups is 1. The van der Waals surface area contributed by atoms with Crippen LogP contribution in [0.3, 0.4) is 0 Å². The largest absolute Gasteiger partial charge is 0.379 e. The molecule has 29 heavy (non-hydrogen) atoms. The molecule has 2 heterocycles. The zero-order valence-electron chi connectivity index (χ0n) is 16.0. The maximum atomic E-state index is 12.7. The number of morpholine rings is 1. The van der Waals surface area contributed by atoms with Crippen LogP contribution in [-0.2, 0) is 20.2 Å². The maximum Gasteiger partial charge on any atom is 0.267 e. The number of nitrogens with zero attached hydrogens (tertiary/aromatic N) is 1. The highest BCUT2D eigenvalue weighted by Gasteiger charge is 2.39. The first-order chi connectivity index (χ1) is 13.9. The van der Waals surface area contributed by atoms with Crippen LogP contribution < -0.4 is 5.32 Å². The van der Waals surface area contributed by atoms with Gasteiger partial charge in [0, 0.05) is 35.7 Å². The molecule has 2 aliphatic rings. The van der Waals surface area contributed by atoms with Crippen molar-refractivity contribution in [2.24, 2.45) is 0 Å². The molecule has 1 saturated heterocycles. The number of amides is 1. The molecule has 2 fully saturated rings. The third-order valence-corrected chi connectivity index (χ3v) is 8.21. The normalized spacial score (nSPS) is 19.5. The van der Waals surface area contributed by atoms with Crippen LogP contribution in [0, 0.1) is 0 Å². The fourth-order valence-electron chi connectivity index (χ4n) is 3.92. The van der Waals surface area contributed by atoms with E-state index in [0.717, 1.165) is 23.7 Å². The van der Waals surface area contributed by atoms with Crippen molar-refractivity contribution < 1.29 is 17.9 Å². The molecule has 4 rings (SSSR count). The lowest BCUT2D eigenvalue weighted by Crippen LogP contribution is -2.45. The van der Waals surface area contributed by atoms with Crippen LogP contribution in [0.15, 0.2) is 45.9 Å². The van der Waals surface area contributed by atoms with E-state index in [0.29, 0.717) is 32.8 Å². The van der Waals surface area contributed by atoms with Gasteiger partial charge in [-0.2, -0.15) is 4.31 Å². The standard InChI is InChI=1S/C20H24BrN3O4S/c21-16-4-1-3-15(11-16)20(5-2-6-20)14-23-19(25)18-12-17(13-22-18)29(26,27)24-7-9-28-10-8-24/h1,3-4,11-13,22H,2,5-10,14H2,(H,23,25). The second-order valence-corrected chi connectivity index (χ2v) is 10.4. The topological polar surface area (TPSA) is 91.5 Å². The molecule has 7 nitrogen and oxygen atoms in total. The van der Waals surface area contributed by atoms with Gasteiger partial charge in [0.2, 0.25) is 10.0 Å². The molecule has 0 bridgehead atoms. The number of carbonyl (C=O) groups excluding carboxylic acids is 1. The number of H-pyrrole nitrogens is 1. The number of rotatable bonds is 6. The minimum absolute atomic E-state index is 0.0608. The Labute approximate surface area is 179 Å². The van der Waals surface area contributed by atoms with Crippen LogP contribution in [0.5, 0.6) is 0 Å². The highest BCUT2D eigenvalue weighted by molar-refractivity contribution is 9.10. The first-order valence-electron chi connectivity index (χ1n) is 9.71. The van der Waals surface area contributed by atoms with Crippen molar-refractivity contribution >= 4 is 31.9 Å². The molecular formula is C20H24BrN3O4S. The van der Waals surface area contributed by atoms with Crippen LogP contribution in [0.2, 0.25) is 0 Å². The number of nitrogens with one attached hydrogen (secondary N) is 2. The SMILES string of the molecule is O=C(NCC1(c2cccc(Br)c2)CCC1)c1cc(S(=O)(=O)N2CCOCC2)c[nH]1. The van der Waals surface area contributed by atoms with Gasteiger partial charge in [0.05, 0.1) is 13.2 Å². The average Bonchev–Trinajstić information content (AvgIpc) is 3.19. The highest BCUT2D eigenvalue weighted by Crippen LogP contribution is 2.43. The summed E-state index contributed by atoms with van der Waals surface area (Å²) in [6.45, 7) is 1.94. The molecule has 1 aromatic carbocycles. The fourth-order valence-corrected chi connectivity index (χ4v) is 5.73. The Hall–Kier alpha value is -1.68. The lowest BCUT2D eigenvalue weighted by molar-refractivity contribution is 0.0730. The zero-order chi connectivity index (χ0) is 20.5. The van der Waals surface area contributed by atoms with Crippen LogP contribution in [0.25, 0.3) is 0 Å². The molecule has 156 valence electrons. The molecule has 0 radical (unpaired) electrons. The van der Waals surface area contributed by atoms with Gasteiger partial charge in [0.15, 0.2) is 0 Å². The Morgan fingerprint density at radius 3 is 2.66 bits per heavy atom. The van der Waals surface area contributed by atoms with Gasteiger partial charge < -0.3 is 15.0 Å². The molecule has 9 heteroatoms. The molecule has 0 atom stereocenters. The molecule has 2 N–H and O–H groups in total. The minimum atomic E-state index is -3.62. The summed E-state index contributed by atoms with van der Waals surface area (Å²) in [5.41, 5.74) is 1.40. The van der Waals surface area contributed by atoms with Gasteiger partial charge in [-0.1, -0.05) is 34.5 Å². The summed E-state index contributed by atoms with van der Waals surface area (Å²) in [7, 11) is -3.62. The molecule has 0 spiro atoms. The van der Waals surface area contributed by atoms with Crippen molar-refractivity contribution in [3.8, 4) is 0 Å². The highest BCUT2D eigenvalue weighted by atomic mass is 79.9. The Balaban J connectivity index is 1.44. The summed E-state index contributed by atoms with van der Waals surface area (Å²) >= 11 is 3.52. The summed E-state index contributed by atoms with van der Waals surface area (Å²) in [4.78, 5) is 15.6. The number of ether oxygens (including phenoxy) is 1. The quantitative estimate of drug-likeness (QED) is 0.663. The number of aromatic amines is 1. The van der Waals surface area contributed by atoms with Crippen LogP contribution in [0.4, 0.5) is 0 Å². The van der Waals surface area contributed by atoms with Gasteiger partial charge in [-0.15, -0.1) is 0 Å². The van der Waals surface area contributed by atoms with Gasteiger partial charge in [-0.25, -0.2) is 8.42 Å². The third kappa shape index (κ3) is 4.14. The Morgan fingerprint density at radius 2 is 2.00 bits per heavy atom. The Bertz CT molecular complexity index is 995. The summed E-state index contributed by atoms with van der Waals surface area (Å²) in [5.74, 6) is -0.297. The van der Waals surface area contributed by atoms with E-state index in [9.17, 15) is 13.2 Å². The average molecular weight is 482 g/mol. The van der Waals surface area contributed by atoms with Crippen molar-refractivity contribution in [3.05, 3.63) is 52.3 Å². The van der Waals surface area contributed by atoms with Gasteiger partial charge in [-0.3, -0.25) is 4.79 Å². The van der Waals surface area contributed by atoms with Crippen LogP contribution >= 0.6 is 15.9 Å². The number of sulfonamides is 1. The Kier molecular flexibility index (Phi) is 5.83. The molecule has 1 aliphatic carbocycles. The van der Waals surface area contributed by atoms with E-state index in [1.807, 2.05) is 12.1 Å². The maximum absolute atomic E-state index is 12.7. The monoisotopic (exact) mass is 481 g/mol. The van der Waals surface area contributed by atoms with E-state index in [-0.39, 0.29) is 21.9 Å². The summed E-state index contributed by atoms with van der Waals surface area (Å²) in [6.07, 6.45) is 4.55. The van der Waals surface area contributed by atoms with E-state index in [4.69, 9.17) is 4.74 Å². The van der Waals surface area contributed by atoms with Crippen molar-refractivity contribution in [1.29, 1.82) is 0 Å². The molecular weight excluding hydrogens is 458 g/mol. The number of aromatic nitrogens is 1. The van der Waals surface area contributed by atoms with E-state index >= 15 is 0 Å². The molecule has 1 amide bonds. The first kappa shape index (κ1) is 20.6. The van der Waals surface area contributed by atoms with Crippen molar-refractivity contribution in [3.63, 3.8) is 0 Å². The number of hydrogen-bond acceptors (Lipinski definition) is 4. The molecule has 0 unspecified atom stereocenters. The summed E-state index contributed by atoms with van der Waals surface area (Å²) in [6, 6.07) is 9.61. The van der Waals surface area contributed by atoms with Crippen molar-refractivity contribution in [2.75, 3.05) is 32.8 Å². The van der Waals surface area contributed by atoms with Gasteiger partial charge in [0.25, 0.3) is 5.91 Å². The van der Waals surface area contributed by atoms with Crippen LogP contribution in [0.1, 0.15) is 35.3 Å². The molecule has 2 aromatic rings. The second-order valence-electron chi connectivity index (χ2n) is 7.59. The fraction of sp³-hybridized carbons (Fsp3) is 0.450. The smallest absolute Gasteiger partial charge is 0.267 e.